The van der Waals surface area contributed by atoms with Crippen LogP contribution in [0.25, 0.3) is 0 Å². The highest BCUT2D eigenvalue weighted by molar-refractivity contribution is 7.16. The summed E-state index contributed by atoms with van der Waals surface area (Å²) in [6.07, 6.45) is 3.84. The van der Waals surface area contributed by atoms with Crippen molar-refractivity contribution in [2.75, 3.05) is 6.54 Å². The van der Waals surface area contributed by atoms with Crippen molar-refractivity contribution in [2.24, 2.45) is 5.41 Å². The highest BCUT2D eigenvalue weighted by Gasteiger charge is 2.25. The number of hydrogen-bond acceptors (Lipinski definition) is 2. The van der Waals surface area contributed by atoms with E-state index in [4.69, 9.17) is 11.6 Å². The van der Waals surface area contributed by atoms with Crippen LogP contribution in [0, 0.1) is 5.41 Å². The molecule has 15 heavy (non-hydrogen) atoms. The first kappa shape index (κ1) is 11.4. The smallest absolute Gasteiger partial charge is 0.0931 e. The second-order valence-corrected chi connectivity index (χ2v) is 7.00. The lowest BCUT2D eigenvalue weighted by atomic mass is 9.88. The minimum atomic E-state index is 0.330. The molecule has 0 saturated heterocycles. The number of halogens is 1. The summed E-state index contributed by atoms with van der Waals surface area (Å²) in [5.41, 5.74) is 0.330. The Hall–Kier alpha value is -0.0500. The third-order valence-electron chi connectivity index (χ3n) is 2.73. The third kappa shape index (κ3) is 3.78. The molecule has 1 N–H and O–H groups in total. The fourth-order valence-electron chi connectivity index (χ4n) is 1.69. The van der Waals surface area contributed by atoms with E-state index in [1.54, 1.807) is 11.3 Å². The second-order valence-electron chi connectivity index (χ2n) is 5.20. The van der Waals surface area contributed by atoms with Crippen LogP contribution in [-0.2, 0) is 6.42 Å². The third-order valence-corrected chi connectivity index (χ3v) is 3.96. The molecule has 0 bridgehead atoms. The molecular formula is C12H18ClNS. The van der Waals surface area contributed by atoms with E-state index in [0.29, 0.717) is 5.41 Å². The number of rotatable bonds is 5. The fourth-order valence-corrected chi connectivity index (χ4v) is 3.03. The molecule has 3 heteroatoms. The molecule has 1 fully saturated rings. The molecular weight excluding hydrogens is 226 g/mol. The number of nitrogens with one attached hydrogen (secondary N) is 1. The molecule has 0 radical (unpaired) electrons. The maximum atomic E-state index is 5.93. The Morgan fingerprint density at radius 1 is 1.47 bits per heavy atom. The lowest BCUT2D eigenvalue weighted by Gasteiger charge is -2.24. The van der Waals surface area contributed by atoms with Crippen LogP contribution in [0.3, 0.4) is 0 Å². The van der Waals surface area contributed by atoms with Crippen LogP contribution in [0.4, 0.5) is 0 Å². The summed E-state index contributed by atoms with van der Waals surface area (Å²) in [6.45, 7) is 5.74. The van der Waals surface area contributed by atoms with Crippen LogP contribution in [0.5, 0.6) is 0 Å². The summed E-state index contributed by atoms with van der Waals surface area (Å²) < 4.78 is 0.899. The molecule has 1 saturated carbocycles. The van der Waals surface area contributed by atoms with Gasteiger partial charge in [0.2, 0.25) is 0 Å². The fraction of sp³-hybridized carbons (Fsp3) is 0.667. The molecule has 1 aromatic rings. The van der Waals surface area contributed by atoms with Gasteiger partial charge in [-0.1, -0.05) is 25.4 Å². The molecule has 2 rings (SSSR count). The van der Waals surface area contributed by atoms with Crippen molar-refractivity contribution in [3.63, 3.8) is 0 Å². The predicted molar refractivity (Wildman–Crippen MR) is 67.8 cm³/mol. The number of thiophene rings is 1. The average molecular weight is 244 g/mol. The van der Waals surface area contributed by atoms with Gasteiger partial charge in [0.25, 0.3) is 0 Å². The van der Waals surface area contributed by atoms with Crippen LogP contribution in [0.15, 0.2) is 12.1 Å². The Morgan fingerprint density at radius 3 is 2.73 bits per heavy atom. The minimum absolute atomic E-state index is 0.330. The molecule has 1 aliphatic carbocycles. The van der Waals surface area contributed by atoms with Crippen LogP contribution >= 0.6 is 22.9 Å². The summed E-state index contributed by atoms with van der Waals surface area (Å²) in [6, 6.07) is 4.94. The van der Waals surface area contributed by atoms with Crippen molar-refractivity contribution in [1.29, 1.82) is 0 Å². The normalized spacial score (nSPS) is 17.0. The van der Waals surface area contributed by atoms with Crippen LogP contribution in [0.1, 0.15) is 31.6 Å². The van der Waals surface area contributed by atoms with E-state index in [0.717, 1.165) is 23.3 Å². The van der Waals surface area contributed by atoms with Gasteiger partial charge in [0.05, 0.1) is 4.34 Å². The summed E-state index contributed by atoms with van der Waals surface area (Å²) in [4.78, 5) is 1.39. The molecule has 0 atom stereocenters. The maximum Gasteiger partial charge on any atom is 0.0931 e. The van der Waals surface area contributed by atoms with Gasteiger partial charge < -0.3 is 5.32 Å². The lowest BCUT2D eigenvalue weighted by molar-refractivity contribution is 0.339. The van der Waals surface area contributed by atoms with Crippen LogP contribution < -0.4 is 5.32 Å². The van der Waals surface area contributed by atoms with E-state index in [2.05, 4.69) is 25.2 Å². The molecule has 0 unspecified atom stereocenters. The zero-order valence-corrected chi connectivity index (χ0v) is 10.9. The standard InChI is InChI=1S/C12H18ClNS/c1-12(2,8-14-9-3-4-9)7-10-5-6-11(13)15-10/h5-6,9,14H,3-4,7-8H2,1-2H3. The van der Waals surface area contributed by atoms with Gasteiger partial charge in [-0.2, -0.15) is 0 Å². The van der Waals surface area contributed by atoms with Gasteiger partial charge in [-0.25, -0.2) is 0 Å². The predicted octanol–water partition coefficient (Wildman–Crippen LogP) is 3.72. The first-order chi connectivity index (χ1) is 7.05. The Morgan fingerprint density at radius 2 is 2.20 bits per heavy atom. The Bertz CT molecular complexity index is 328. The molecule has 1 heterocycles. The van der Waals surface area contributed by atoms with Crippen molar-refractivity contribution < 1.29 is 0 Å². The zero-order valence-electron chi connectivity index (χ0n) is 9.35. The lowest BCUT2D eigenvalue weighted by Crippen LogP contribution is -2.32. The van der Waals surface area contributed by atoms with Gasteiger partial charge in [0.15, 0.2) is 0 Å². The van der Waals surface area contributed by atoms with E-state index in [1.807, 2.05) is 6.07 Å². The topological polar surface area (TPSA) is 12.0 Å². The van der Waals surface area contributed by atoms with Gasteiger partial charge in [0, 0.05) is 17.5 Å². The monoisotopic (exact) mass is 243 g/mol. The largest absolute Gasteiger partial charge is 0.313 e. The molecule has 1 nitrogen and oxygen atoms in total. The molecule has 0 amide bonds. The van der Waals surface area contributed by atoms with Gasteiger partial charge in [-0.3, -0.25) is 0 Å². The summed E-state index contributed by atoms with van der Waals surface area (Å²) in [7, 11) is 0. The van der Waals surface area contributed by atoms with E-state index >= 15 is 0 Å². The zero-order chi connectivity index (χ0) is 10.9. The summed E-state index contributed by atoms with van der Waals surface area (Å²) in [5, 5.41) is 3.60. The second kappa shape index (κ2) is 4.44. The maximum absolute atomic E-state index is 5.93. The van der Waals surface area contributed by atoms with E-state index in [-0.39, 0.29) is 0 Å². The van der Waals surface area contributed by atoms with Crippen molar-refractivity contribution in [1.82, 2.24) is 5.32 Å². The summed E-state index contributed by atoms with van der Waals surface area (Å²) >= 11 is 7.63. The minimum Gasteiger partial charge on any atom is -0.313 e. The molecule has 1 aromatic heterocycles. The first-order valence-electron chi connectivity index (χ1n) is 5.53. The molecule has 0 aliphatic heterocycles. The van der Waals surface area contributed by atoms with Crippen molar-refractivity contribution >= 4 is 22.9 Å². The molecule has 0 aromatic carbocycles. The van der Waals surface area contributed by atoms with E-state index in [9.17, 15) is 0 Å². The van der Waals surface area contributed by atoms with Gasteiger partial charge in [-0.05, 0) is 36.8 Å². The first-order valence-corrected chi connectivity index (χ1v) is 6.72. The molecule has 0 spiro atoms. The molecule has 1 aliphatic rings. The Balaban J connectivity index is 1.84. The molecule has 84 valence electrons. The number of hydrogen-bond donors (Lipinski definition) is 1. The quantitative estimate of drug-likeness (QED) is 0.831. The van der Waals surface area contributed by atoms with Crippen molar-refractivity contribution in [3.8, 4) is 0 Å². The van der Waals surface area contributed by atoms with Gasteiger partial charge >= 0.3 is 0 Å². The summed E-state index contributed by atoms with van der Waals surface area (Å²) in [5.74, 6) is 0. The van der Waals surface area contributed by atoms with Crippen LogP contribution in [0.2, 0.25) is 4.34 Å². The van der Waals surface area contributed by atoms with Gasteiger partial charge in [-0.15, -0.1) is 11.3 Å². The SMILES string of the molecule is CC(C)(CNC1CC1)Cc1ccc(Cl)s1. The highest BCUT2D eigenvalue weighted by Crippen LogP contribution is 2.29. The Kier molecular flexibility index (Phi) is 3.39. The van der Waals surface area contributed by atoms with Crippen molar-refractivity contribution in [3.05, 3.63) is 21.3 Å². The van der Waals surface area contributed by atoms with Gasteiger partial charge in [0.1, 0.15) is 0 Å². The average Bonchev–Trinajstić information content (AvgIpc) is 2.88. The Labute approximate surface area is 101 Å². The van der Waals surface area contributed by atoms with E-state index in [1.165, 1.54) is 17.7 Å². The van der Waals surface area contributed by atoms with Crippen LogP contribution in [-0.4, -0.2) is 12.6 Å². The highest BCUT2D eigenvalue weighted by atomic mass is 35.5. The van der Waals surface area contributed by atoms with E-state index < -0.39 is 0 Å². The van der Waals surface area contributed by atoms with Crippen molar-refractivity contribution in [2.45, 2.75) is 39.2 Å².